The van der Waals surface area contributed by atoms with Gasteiger partial charge in [0.25, 0.3) is 0 Å². The minimum Gasteiger partial charge on any atom is -0.387 e. The normalized spacial score (nSPS) is 24.7. The first-order valence-electron chi connectivity index (χ1n) is 8.75. The third-order valence-electron chi connectivity index (χ3n) is 4.65. The van der Waals surface area contributed by atoms with Crippen molar-refractivity contribution < 1.29 is 14.9 Å². The highest BCUT2D eigenvalue weighted by molar-refractivity contribution is 7.98. The highest BCUT2D eigenvalue weighted by Crippen LogP contribution is 2.33. The van der Waals surface area contributed by atoms with Crippen molar-refractivity contribution in [1.82, 2.24) is 19.5 Å². The van der Waals surface area contributed by atoms with Crippen LogP contribution in [-0.4, -0.2) is 60.1 Å². The SMILES string of the molecule is CSC[C@H]1O[C@@H](n2cnc3c(NCc4cccc(Cl)c4)ncnc32)[C@H](O)[C@@H]1O. The molecule has 3 N–H and O–H groups in total. The van der Waals surface area contributed by atoms with Crippen molar-refractivity contribution in [3.05, 3.63) is 47.5 Å². The fourth-order valence-corrected chi connectivity index (χ4v) is 4.08. The van der Waals surface area contributed by atoms with Crippen molar-refractivity contribution in [1.29, 1.82) is 0 Å². The van der Waals surface area contributed by atoms with E-state index in [1.807, 2.05) is 30.5 Å². The molecule has 0 spiro atoms. The first kappa shape index (κ1) is 19.4. The van der Waals surface area contributed by atoms with E-state index in [1.54, 1.807) is 22.7 Å². The summed E-state index contributed by atoms with van der Waals surface area (Å²) in [6.07, 6.45) is 1.67. The Labute approximate surface area is 170 Å². The Morgan fingerprint density at radius 3 is 2.89 bits per heavy atom. The fraction of sp³-hybridized carbons (Fsp3) is 0.389. The number of thioether (sulfide) groups is 1. The van der Waals surface area contributed by atoms with Gasteiger partial charge in [0.1, 0.15) is 18.5 Å². The molecule has 4 rings (SSSR count). The molecule has 1 aliphatic heterocycles. The van der Waals surface area contributed by atoms with Crippen LogP contribution in [0.25, 0.3) is 11.2 Å². The Balaban J connectivity index is 1.58. The van der Waals surface area contributed by atoms with Crippen LogP contribution in [0, 0.1) is 0 Å². The molecule has 0 aliphatic carbocycles. The van der Waals surface area contributed by atoms with Gasteiger partial charge in [0.05, 0.1) is 12.4 Å². The number of benzene rings is 1. The van der Waals surface area contributed by atoms with Crippen LogP contribution in [0.1, 0.15) is 11.8 Å². The molecule has 0 unspecified atom stereocenters. The Hall–Kier alpha value is -1.91. The Morgan fingerprint density at radius 2 is 2.11 bits per heavy atom. The summed E-state index contributed by atoms with van der Waals surface area (Å²) in [5.41, 5.74) is 2.09. The van der Waals surface area contributed by atoms with Gasteiger partial charge in [-0.2, -0.15) is 11.8 Å². The molecule has 1 aliphatic rings. The molecule has 10 heteroatoms. The molecular weight excluding hydrogens is 402 g/mol. The number of aliphatic hydroxyl groups is 2. The van der Waals surface area contributed by atoms with Crippen molar-refractivity contribution in [2.75, 3.05) is 17.3 Å². The van der Waals surface area contributed by atoms with Crippen molar-refractivity contribution in [3.63, 3.8) is 0 Å². The summed E-state index contributed by atoms with van der Waals surface area (Å²) < 4.78 is 7.50. The van der Waals surface area contributed by atoms with Crippen LogP contribution in [0.4, 0.5) is 5.82 Å². The molecule has 148 valence electrons. The highest BCUT2D eigenvalue weighted by Gasteiger charge is 2.44. The van der Waals surface area contributed by atoms with E-state index in [0.29, 0.717) is 34.3 Å². The molecule has 1 fully saturated rings. The number of nitrogens with one attached hydrogen (secondary N) is 1. The lowest BCUT2D eigenvalue weighted by Gasteiger charge is -2.16. The van der Waals surface area contributed by atoms with Gasteiger partial charge in [-0.1, -0.05) is 23.7 Å². The molecule has 0 radical (unpaired) electrons. The number of nitrogens with zero attached hydrogens (tertiary/aromatic N) is 4. The third kappa shape index (κ3) is 3.68. The van der Waals surface area contributed by atoms with Gasteiger partial charge >= 0.3 is 0 Å². The second kappa shape index (κ2) is 8.22. The van der Waals surface area contributed by atoms with E-state index in [9.17, 15) is 10.2 Å². The number of aliphatic hydroxyl groups excluding tert-OH is 2. The van der Waals surface area contributed by atoms with E-state index in [2.05, 4.69) is 20.3 Å². The largest absolute Gasteiger partial charge is 0.387 e. The van der Waals surface area contributed by atoms with E-state index in [1.165, 1.54) is 6.33 Å². The Bertz CT molecular complexity index is 971. The molecule has 28 heavy (non-hydrogen) atoms. The molecule has 4 atom stereocenters. The smallest absolute Gasteiger partial charge is 0.167 e. The number of halogens is 1. The summed E-state index contributed by atoms with van der Waals surface area (Å²) in [6.45, 7) is 0.524. The van der Waals surface area contributed by atoms with Crippen LogP contribution >= 0.6 is 23.4 Å². The van der Waals surface area contributed by atoms with Crippen molar-refractivity contribution >= 4 is 40.3 Å². The Morgan fingerprint density at radius 1 is 1.25 bits per heavy atom. The quantitative estimate of drug-likeness (QED) is 0.555. The predicted molar refractivity (Wildman–Crippen MR) is 108 cm³/mol. The van der Waals surface area contributed by atoms with Crippen LogP contribution in [0.15, 0.2) is 36.9 Å². The van der Waals surface area contributed by atoms with Gasteiger partial charge in [-0.15, -0.1) is 0 Å². The lowest BCUT2D eigenvalue weighted by molar-refractivity contribution is -0.0288. The van der Waals surface area contributed by atoms with Crippen LogP contribution in [-0.2, 0) is 11.3 Å². The number of aromatic nitrogens is 4. The summed E-state index contributed by atoms with van der Waals surface area (Å²) in [6, 6.07) is 7.55. The van der Waals surface area contributed by atoms with Crippen molar-refractivity contribution in [3.8, 4) is 0 Å². The van der Waals surface area contributed by atoms with Gasteiger partial charge in [-0.25, -0.2) is 15.0 Å². The van der Waals surface area contributed by atoms with E-state index in [0.717, 1.165) is 5.56 Å². The zero-order valence-electron chi connectivity index (χ0n) is 15.1. The minimum absolute atomic E-state index is 0.449. The molecule has 1 aromatic carbocycles. The molecule has 3 heterocycles. The second-order valence-electron chi connectivity index (χ2n) is 6.53. The van der Waals surface area contributed by atoms with Crippen LogP contribution in [0.5, 0.6) is 0 Å². The molecule has 1 saturated heterocycles. The monoisotopic (exact) mass is 421 g/mol. The van der Waals surface area contributed by atoms with Gasteiger partial charge < -0.3 is 20.3 Å². The standard InChI is InChI=1S/C18H20ClN5O3S/c1-28-7-12-14(25)15(26)18(27-12)24-9-23-13-16(21-8-22-17(13)24)20-6-10-3-2-4-11(19)5-10/h2-5,8-9,12,14-15,18,25-26H,6-7H2,1H3,(H,20,21,22)/t12-,14-,15-,18-/m1/s1. The lowest BCUT2D eigenvalue weighted by Crippen LogP contribution is -2.32. The van der Waals surface area contributed by atoms with E-state index in [-0.39, 0.29) is 0 Å². The first-order chi connectivity index (χ1) is 13.6. The molecule has 0 saturated carbocycles. The zero-order chi connectivity index (χ0) is 19.7. The van der Waals surface area contributed by atoms with Gasteiger partial charge in [0.2, 0.25) is 0 Å². The number of imidazole rings is 1. The number of fused-ring (bicyclic) bond motifs is 1. The molecular formula is C18H20ClN5O3S. The summed E-state index contributed by atoms with van der Waals surface area (Å²) in [5, 5.41) is 24.6. The molecule has 0 amide bonds. The average Bonchev–Trinajstić information content (AvgIpc) is 3.23. The summed E-state index contributed by atoms with van der Waals surface area (Å²) in [7, 11) is 0. The maximum atomic E-state index is 10.4. The number of hydrogen-bond acceptors (Lipinski definition) is 8. The lowest BCUT2D eigenvalue weighted by atomic mass is 10.1. The first-order valence-corrected chi connectivity index (χ1v) is 10.5. The van der Waals surface area contributed by atoms with E-state index < -0.39 is 24.5 Å². The highest BCUT2D eigenvalue weighted by atomic mass is 35.5. The van der Waals surface area contributed by atoms with Gasteiger partial charge in [-0.05, 0) is 24.0 Å². The summed E-state index contributed by atoms with van der Waals surface area (Å²) >= 11 is 7.58. The third-order valence-corrected chi connectivity index (χ3v) is 5.55. The maximum Gasteiger partial charge on any atom is 0.167 e. The van der Waals surface area contributed by atoms with Gasteiger partial charge in [0, 0.05) is 17.3 Å². The van der Waals surface area contributed by atoms with Crippen molar-refractivity contribution in [2.24, 2.45) is 0 Å². The fourth-order valence-electron chi connectivity index (χ4n) is 3.26. The Kier molecular flexibility index (Phi) is 5.70. The molecule has 0 bridgehead atoms. The maximum absolute atomic E-state index is 10.4. The van der Waals surface area contributed by atoms with Crippen LogP contribution in [0.2, 0.25) is 5.02 Å². The van der Waals surface area contributed by atoms with Crippen LogP contribution < -0.4 is 5.32 Å². The number of hydrogen-bond donors (Lipinski definition) is 3. The average molecular weight is 422 g/mol. The van der Waals surface area contributed by atoms with E-state index >= 15 is 0 Å². The summed E-state index contributed by atoms with van der Waals surface area (Å²) in [5.74, 6) is 1.15. The van der Waals surface area contributed by atoms with Crippen LogP contribution in [0.3, 0.4) is 0 Å². The molecule has 2 aromatic heterocycles. The summed E-state index contributed by atoms with van der Waals surface area (Å²) in [4.78, 5) is 13.0. The number of anilines is 1. The van der Waals surface area contributed by atoms with Gasteiger partial charge in [-0.3, -0.25) is 4.57 Å². The number of ether oxygens (including phenoxy) is 1. The topological polar surface area (TPSA) is 105 Å². The predicted octanol–water partition coefficient (Wildman–Crippen LogP) is 2.07. The number of rotatable bonds is 6. The van der Waals surface area contributed by atoms with Crippen molar-refractivity contribution in [2.45, 2.75) is 31.1 Å². The minimum atomic E-state index is -1.06. The van der Waals surface area contributed by atoms with E-state index in [4.69, 9.17) is 16.3 Å². The zero-order valence-corrected chi connectivity index (χ0v) is 16.6. The molecule has 3 aromatic rings. The molecule has 8 nitrogen and oxygen atoms in total. The second-order valence-corrected chi connectivity index (χ2v) is 7.88. The van der Waals surface area contributed by atoms with Gasteiger partial charge in [0.15, 0.2) is 23.2 Å².